The molecular formula is C12H14N4O2. The largest absolute Gasteiger partial charge is 0.354 e. The lowest BCUT2D eigenvalue weighted by Crippen LogP contribution is -2.16. The van der Waals surface area contributed by atoms with Crippen molar-refractivity contribution >= 4 is 5.69 Å². The fourth-order valence-electron chi connectivity index (χ4n) is 1.76. The van der Waals surface area contributed by atoms with Gasteiger partial charge in [-0.05, 0) is 18.2 Å². The van der Waals surface area contributed by atoms with Gasteiger partial charge < -0.3 is 10.3 Å². The van der Waals surface area contributed by atoms with Crippen LogP contribution in [0.3, 0.4) is 0 Å². The summed E-state index contributed by atoms with van der Waals surface area (Å²) in [7, 11) is 1.95. The number of aromatic nitrogens is 2. The Labute approximate surface area is 104 Å². The molecule has 0 aliphatic carbocycles. The van der Waals surface area contributed by atoms with E-state index in [2.05, 4.69) is 4.98 Å². The van der Waals surface area contributed by atoms with Crippen molar-refractivity contribution in [3.63, 3.8) is 0 Å². The van der Waals surface area contributed by atoms with Gasteiger partial charge in [-0.2, -0.15) is 0 Å². The number of hydrogen-bond donors (Lipinski definition) is 1. The highest BCUT2D eigenvalue weighted by molar-refractivity contribution is 5.28. The molecule has 0 radical (unpaired) electrons. The maximum Gasteiger partial charge on any atom is 0.287 e. The van der Waals surface area contributed by atoms with Gasteiger partial charge in [0.05, 0.1) is 16.7 Å². The molecule has 0 amide bonds. The highest BCUT2D eigenvalue weighted by Crippen LogP contribution is 2.16. The van der Waals surface area contributed by atoms with Gasteiger partial charge in [0.15, 0.2) is 0 Å². The smallest absolute Gasteiger partial charge is 0.287 e. The van der Waals surface area contributed by atoms with Gasteiger partial charge in [0.1, 0.15) is 6.20 Å². The van der Waals surface area contributed by atoms with E-state index in [0.29, 0.717) is 12.1 Å². The van der Waals surface area contributed by atoms with E-state index < -0.39 is 4.92 Å². The molecule has 2 aromatic heterocycles. The van der Waals surface area contributed by atoms with Gasteiger partial charge in [-0.15, -0.1) is 0 Å². The third-order valence-electron chi connectivity index (χ3n) is 2.84. The quantitative estimate of drug-likeness (QED) is 0.655. The van der Waals surface area contributed by atoms with Crippen LogP contribution in [-0.2, 0) is 13.5 Å². The molecule has 0 aliphatic rings. The first-order chi connectivity index (χ1) is 8.58. The molecule has 1 unspecified atom stereocenters. The fraction of sp³-hybridized carbons (Fsp3) is 0.250. The van der Waals surface area contributed by atoms with Gasteiger partial charge in [-0.1, -0.05) is 0 Å². The van der Waals surface area contributed by atoms with Gasteiger partial charge in [-0.3, -0.25) is 15.1 Å². The standard InChI is InChI=1S/C12H14N4O2/c1-15-6-2-3-9(15)7-11(13)12-5-4-10(8-14-12)16(17)18/h2-6,8,11H,7,13H2,1H3. The minimum Gasteiger partial charge on any atom is -0.354 e. The van der Waals surface area contributed by atoms with Crippen LogP contribution >= 0.6 is 0 Å². The molecule has 0 aromatic carbocycles. The zero-order valence-corrected chi connectivity index (χ0v) is 9.98. The summed E-state index contributed by atoms with van der Waals surface area (Å²) in [6.45, 7) is 0. The second-order valence-corrected chi connectivity index (χ2v) is 4.12. The summed E-state index contributed by atoms with van der Waals surface area (Å²) in [5.41, 5.74) is 7.77. The fourth-order valence-corrected chi connectivity index (χ4v) is 1.76. The molecule has 0 spiro atoms. The van der Waals surface area contributed by atoms with Crippen LogP contribution in [0.4, 0.5) is 5.69 Å². The first-order valence-electron chi connectivity index (χ1n) is 5.54. The molecule has 6 nitrogen and oxygen atoms in total. The zero-order valence-electron chi connectivity index (χ0n) is 9.98. The summed E-state index contributed by atoms with van der Waals surface area (Å²) in [4.78, 5) is 14.1. The molecule has 2 aromatic rings. The van der Waals surface area contributed by atoms with Crippen molar-refractivity contribution in [3.8, 4) is 0 Å². The Hall–Kier alpha value is -2.21. The minimum atomic E-state index is -0.473. The van der Waals surface area contributed by atoms with Crippen LogP contribution in [-0.4, -0.2) is 14.5 Å². The zero-order chi connectivity index (χ0) is 13.1. The van der Waals surface area contributed by atoms with Crippen molar-refractivity contribution in [1.82, 2.24) is 9.55 Å². The second-order valence-electron chi connectivity index (χ2n) is 4.12. The molecule has 2 N–H and O–H groups in total. The highest BCUT2D eigenvalue weighted by Gasteiger charge is 2.12. The van der Waals surface area contributed by atoms with Crippen LogP contribution in [0.15, 0.2) is 36.7 Å². The third kappa shape index (κ3) is 2.54. The molecule has 94 valence electrons. The molecule has 1 atom stereocenters. The van der Waals surface area contributed by atoms with Gasteiger partial charge >= 0.3 is 0 Å². The topological polar surface area (TPSA) is 87.0 Å². The molecule has 2 rings (SSSR count). The molecular weight excluding hydrogens is 232 g/mol. The van der Waals surface area contributed by atoms with E-state index in [9.17, 15) is 10.1 Å². The lowest BCUT2D eigenvalue weighted by Gasteiger charge is -2.11. The summed E-state index contributed by atoms with van der Waals surface area (Å²) >= 11 is 0. The molecule has 0 saturated carbocycles. The van der Waals surface area contributed by atoms with Crippen LogP contribution in [0, 0.1) is 10.1 Å². The molecule has 2 heterocycles. The van der Waals surface area contributed by atoms with Crippen LogP contribution < -0.4 is 5.73 Å². The summed E-state index contributed by atoms with van der Waals surface area (Å²) < 4.78 is 1.99. The second kappa shape index (κ2) is 4.97. The van der Waals surface area contributed by atoms with Crippen LogP contribution in [0.2, 0.25) is 0 Å². The maximum absolute atomic E-state index is 10.5. The summed E-state index contributed by atoms with van der Waals surface area (Å²) in [6.07, 6.45) is 3.83. The number of nitrogens with zero attached hydrogens (tertiary/aromatic N) is 3. The summed E-state index contributed by atoms with van der Waals surface area (Å²) in [5, 5.41) is 10.5. The Bertz CT molecular complexity index is 547. The molecule has 0 aliphatic heterocycles. The Balaban J connectivity index is 2.12. The lowest BCUT2D eigenvalue weighted by atomic mass is 10.1. The summed E-state index contributed by atoms with van der Waals surface area (Å²) in [5.74, 6) is 0. The SMILES string of the molecule is Cn1cccc1CC(N)c1ccc([N+](=O)[O-])cn1. The van der Waals surface area contributed by atoms with Gasteiger partial charge in [0.25, 0.3) is 5.69 Å². The van der Waals surface area contributed by atoms with Crippen molar-refractivity contribution in [3.05, 3.63) is 58.2 Å². The van der Waals surface area contributed by atoms with Gasteiger partial charge in [0, 0.05) is 31.4 Å². The molecule has 18 heavy (non-hydrogen) atoms. The first-order valence-corrected chi connectivity index (χ1v) is 5.54. The predicted molar refractivity (Wildman–Crippen MR) is 66.9 cm³/mol. The van der Waals surface area contributed by atoms with Crippen LogP contribution in [0.25, 0.3) is 0 Å². The highest BCUT2D eigenvalue weighted by atomic mass is 16.6. The number of pyridine rings is 1. The Kier molecular flexibility index (Phi) is 3.38. The average molecular weight is 246 g/mol. The van der Waals surface area contributed by atoms with Crippen molar-refractivity contribution in [2.24, 2.45) is 12.8 Å². The van der Waals surface area contributed by atoms with Crippen molar-refractivity contribution in [1.29, 1.82) is 0 Å². The van der Waals surface area contributed by atoms with E-state index in [1.807, 2.05) is 29.9 Å². The van der Waals surface area contributed by atoms with E-state index in [1.165, 1.54) is 12.3 Å². The Morgan fingerprint density at radius 2 is 2.28 bits per heavy atom. The van der Waals surface area contributed by atoms with Crippen molar-refractivity contribution in [2.45, 2.75) is 12.5 Å². The number of rotatable bonds is 4. The molecule has 6 heteroatoms. The van der Waals surface area contributed by atoms with E-state index in [1.54, 1.807) is 6.07 Å². The molecule has 0 saturated heterocycles. The first kappa shape index (κ1) is 12.3. The number of nitro groups is 1. The van der Waals surface area contributed by atoms with Crippen molar-refractivity contribution < 1.29 is 4.92 Å². The lowest BCUT2D eigenvalue weighted by molar-refractivity contribution is -0.385. The van der Waals surface area contributed by atoms with Crippen molar-refractivity contribution in [2.75, 3.05) is 0 Å². The third-order valence-corrected chi connectivity index (χ3v) is 2.84. The predicted octanol–water partition coefficient (Wildman–Crippen LogP) is 1.57. The maximum atomic E-state index is 10.5. The Morgan fingerprint density at radius 3 is 2.78 bits per heavy atom. The van der Waals surface area contributed by atoms with E-state index in [-0.39, 0.29) is 11.7 Å². The van der Waals surface area contributed by atoms with E-state index in [4.69, 9.17) is 5.73 Å². The van der Waals surface area contributed by atoms with Crippen LogP contribution in [0.5, 0.6) is 0 Å². The van der Waals surface area contributed by atoms with Gasteiger partial charge in [-0.25, -0.2) is 0 Å². The number of nitrogens with two attached hydrogens (primary N) is 1. The molecule has 0 fully saturated rings. The monoisotopic (exact) mass is 246 g/mol. The average Bonchev–Trinajstić information content (AvgIpc) is 2.75. The van der Waals surface area contributed by atoms with Crippen LogP contribution in [0.1, 0.15) is 17.4 Å². The Morgan fingerprint density at radius 1 is 1.50 bits per heavy atom. The molecule has 0 bridgehead atoms. The normalized spacial score (nSPS) is 12.3. The summed E-state index contributed by atoms with van der Waals surface area (Å²) in [6, 6.07) is 6.70. The van der Waals surface area contributed by atoms with E-state index in [0.717, 1.165) is 5.69 Å². The minimum absolute atomic E-state index is 0.0233. The van der Waals surface area contributed by atoms with E-state index >= 15 is 0 Å². The van der Waals surface area contributed by atoms with Gasteiger partial charge in [0.2, 0.25) is 0 Å². The number of hydrogen-bond acceptors (Lipinski definition) is 4. The number of aryl methyl sites for hydroxylation is 1.